The lowest BCUT2D eigenvalue weighted by Gasteiger charge is -2.33. The highest BCUT2D eigenvalue weighted by Gasteiger charge is 2.40. The largest absolute Gasteiger partial charge is 0.756 e. The minimum absolute atomic E-state index is 0.0105. The maximum Gasteiger partial charge on any atom is 0.280 e. The van der Waals surface area contributed by atoms with Gasteiger partial charge < -0.3 is 49.6 Å². The van der Waals surface area contributed by atoms with Crippen molar-refractivity contribution in [2.45, 2.75) is 37.2 Å². The number of fused-ring (bicyclic) bond motifs is 1. The maximum atomic E-state index is 12.6. The molecule has 4 unspecified atom stereocenters. The molecule has 1 saturated heterocycles. The number of hydrogen-bond donors (Lipinski definition) is 4. The Bertz CT molecular complexity index is 1490. The number of aromatic nitrogens is 3. The number of H-pyrrole nitrogens is 1. The van der Waals surface area contributed by atoms with E-state index < -0.39 is 59.5 Å². The van der Waals surface area contributed by atoms with E-state index in [1.807, 2.05) is 6.26 Å². The standard InChI is InChI=1S/C17H26N5O13P3S2/c1-9(40-39-2)32-11-6-13(22-7-10(4-3-5-18)14-15(22)20-17(19)21-16(14)23)33-12(11)8-31-37(27,28)35-38(29,30)34-36(24,25)26/h7,9,11-13H,5-6,8,18H2,1-2H3,(H,27,28)(H,29,30)(H2,24,25,26)(H3,19,20,21,23)/p-3/t9-,11?,12-,13-/m1/s1. The Labute approximate surface area is 234 Å². The van der Waals surface area contributed by atoms with E-state index in [1.54, 1.807) is 6.92 Å². The second-order valence-corrected chi connectivity index (χ2v) is 14.9. The first-order valence-electron chi connectivity index (χ1n) is 10.9. The fraction of sp³-hybridized carbons (Fsp3) is 0.529. The van der Waals surface area contributed by atoms with Crippen LogP contribution in [-0.2, 0) is 36.3 Å². The van der Waals surface area contributed by atoms with Crippen molar-refractivity contribution in [2.24, 2.45) is 5.73 Å². The molecule has 3 heterocycles. The zero-order valence-electron chi connectivity index (χ0n) is 20.6. The summed E-state index contributed by atoms with van der Waals surface area (Å²) >= 11 is 0. The van der Waals surface area contributed by atoms with Crippen LogP contribution in [0.1, 0.15) is 25.1 Å². The van der Waals surface area contributed by atoms with Crippen LogP contribution in [0.15, 0.2) is 11.0 Å². The van der Waals surface area contributed by atoms with Crippen LogP contribution >= 0.6 is 45.1 Å². The van der Waals surface area contributed by atoms with Crippen molar-refractivity contribution >= 4 is 62.0 Å². The summed E-state index contributed by atoms with van der Waals surface area (Å²) in [6.45, 7) is 0.890. The number of nitrogens with zero attached hydrogens (tertiary/aromatic N) is 2. The monoisotopic (exact) mass is 662 g/mol. The van der Waals surface area contributed by atoms with Gasteiger partial charge in [-0.3, -0.25) is 23.5 Å². The Morgan fingerprint density at radius 3 is 2.65 bits per heavy atom. The fourth-order valence-electron chi connectivity index (χ4n) is 3.65. The van der Waals surface area contributed by atoms with Gasteiger partial charge in [0.25, 0.3) is 29.0 Å². The van der Waals surface area contributed by atoms with Crippen LogP contribution in [-0.4, -0.2) is 56.5 Å². The van der Waals surface area contributed by atoms with Gasteiger partial charge in [0, 0.05) is 12.6 Å². The predicted octanol–water partition coefficient (Wildman–Crippen LogP) is -0.906. The van der Waals surface area contributed by atoms with Crippen LogP contribution in [0.3, 0.4) is 0 Å². The molecule has 40 heavy (non-hydrogen) atoms. The molecule has 0 radical (unpaired) electrons. The van der Waals surface area contributed by atoms with E-state index in [-0.39, 0.29) is 35.5 Å². The molecule has 0 bridgehead atoms. The number of hydrogen-bond acceptors (Lipinski definition) is 17. The van der Waals surface area contributed by atoms with Gasteiger partial charge in [-0.2, -0.15) is 4.98 Å². The molecule has 1 aliphatic rings. The molecule has 6 N–H and O–H groups in total. The lowest BCUT2D eigenvalue weighted by Crippen LogP contribution is -2.31. The van der Waals surface area contributed by atoms with E-state index in [0.717, 1.165) is 0 Å². The maximum absolute atomic E-state index is 12.6. The van der Waals surface area contributed by atoms with Gasteiger partial charge in [0.05, 0.1) is 30.2 Å². The molecule has 224 valence electrons. The van der Waals surface area contributed by atoms with Gasteiger partial charge in [0.1, 0.15) is 17.8 Å². The number of aromatic amines is 1. The van der Waals surface area contributed by atoms with Crippen LogP contribution in [0, 0.1) is 11.8 Å². The SMILES string of the molecule is CSS[C@H](C)OC1C[C@H](n2cc(C#CCN)c3c(=O)[nH]c(N)nc32)O[C@@H]1COP(=O)([O-])OP(=O)([O-])OP(=O)([O-])O. The molecule has 2 aromatic rings. The van der Waals surface area contributed by atoms with Crippen molar-refractivity contribution in [1.29, 1.82) is 0 Å². The molecule has 1 aliphatic heterocycles. The number of nitrogen functional groups attached to an aromatic ring is 1. The molecule has 1 fully saturated rings. The lowest BCUT2D eigenvalue weighted by molar-refractivity contribution is -0.250. The molecule has 2 aromatic heterocycles. The molecule has 0 aromatic carbocycles. The van der Waals surface area contributed by atoms with Gasteiger partial charge in [-0.15, -0.1) is 0 Å². The highest BCUT2D eigenvalue weighted by molar-refractivity contribution is 8.76. The smallest absolute Gasteiger partial charge is 0.280 e. The molecule has 0 saturated carbocycles. The third-order valence-electron chi connectivity index (χ3n) is 4.91. The van der Waals surface area contributed by atoms with Gasteiger partial charge in [-0.25, -0.2) is 8.62 Å². The molecule has 0 aliphatic carbocycles. The number of rotatable bonds is 12. The third-order valence-corrected chi connectivity index (χ3v) is 10.6. The summed E-state index contributed by atoms with van der Waals surface area (Å²) in [7, 11) is -15.0. The molecule has 0 amide bonds. The number of nitrogens with one attached hydrogen (secondary N) is 1. The first-order valence-corrected chi connectivity index (χ1v) is 17.9. The van der Waals surface area contributed by atoms with Gasteiger partial charge >= 0.3 is 0 Å². The van der Waals surface area contributed by atoms with E-state index in [2.05, 4.69) is 35.0 Å². The number of phosphoric acid groups is 3. The normalized spacial score (nSPS) is 24.5. The van der Waals surface area contributed by atoms with Crippen molar-refractivity contribution in [1.82, 2.24) is 14.5 Å². The Morgan fingerprint density at radius 1 is 1.32 bits per heavy atom. The number of anilines is 1. The van der Waals surface area contributed by atoms with Crippen LogP contribution in [0.5, 0.6) is 0 Å². The van der Waals surface area contributed by atoms with Crippen molar-refractivity contribution in [3.8, 4) is 11.8 Å². The topological polar surface area (TPSA) is 289 Å². The average molecular weight is 662 g/mol. The van der Waals surface area contributed by atoms with Crippen molar-refractivity contribution in [2.75, 3.05) is 25.1 Å². The van der Waals surface area contributed by atoms with Crippen LogP contribution in [0.2, 0.25) is 0 Å². The van der Waals surface area contributed by atoms with Gasteiger partial charge in [-0.05, 0) is 13.2 Å². The minimum atomic E-state index is -6.08. The van der Waals surface area contributed by atoms with E-state index in [4.69, 9.17) is 25.8 Å². The first kappa shape index (κ1) is 33.3. The summed E-state index contributed by atoms with van der Waals surface area (Å²) < 4.78 is 59.1. The molecule has 18 nitrogen and oxygen atoms in total. The molecule has 7 atom stereocenters. The van der Waals surface area contributed by atoms with Crippen LogP contribution in [0.4, 0.5) is 5.95 Å². The van der Waals surface area contributed by atoms with Crippen molar-refractivity contribution < 1.29 is 55.9 Å². The molecule has 0 spiro atoms. The number of phosphoric ester groups is 1. The van der Waals surface area contributed by atoms with Crippen LogP contribution in [0.25, 0.3) is 11.0 Å². The molecular weight excluding hydrogens is 639 g/mol. The summed E-state index contributed by atoms with van der Waals surface area (Å²) in [6.07, 6.45) is 0.437. The quantitative estimate of drug-likeness (QED) is 0.0926. The summed E-state index contributed by atoms with van der Waals surface area (Å²) in [5.74, 6) is 5.22. The highest BCUT2D eigenvalue weighted by Crippen LogP contribution is 2.61. The van der Waals surface area contributed by atoms with Gasteiger partial charge in [0.15, 0.2) is 5.65 Å². The van der Waals surface area contributed by atoms with Gasteiger partial charge in [0.2, 0.25) is 5.95 Å². The van der Waals surface area contributed by atoms with E-state index in [9.17, 15) is 33.2 Å². The Kier molecular flexibility index (Phi) is 11.1. The van der Waals surface area contributed by atoms with E-state index >= 15 is 0 Å². The Hall–Kier alpha value is -1.23. The second-order valence-electron chi connectivity index (χ2n) is 7.80. The van der Waals surface area contributed by atoms with E-state index in [0.29, 0.717) is 0 Å². The Balaban J connectivity index is 1.89. The number of nitrogens with two attached hydrogens (primary N) is 2. The first-order chi connectivity index (χ1) is 18.5. The highest BCUT2D eigenvalue weighted by atomic mass is 33.1. The molecule has 23 heteroatoms. The van der Waals surface area contributed by atoms with Crippen molar-refractivity contribution in [3.05, 3.63) is 22.1 Å². The zero-order chi connectivity index (χ0) is 29.9. The summed E-state index contributed by atoms with van der Waals surface area (Å²) in [6, 6.07) is 0. The average Bonchev–Trinajstić information content (AvgIpc) is 3.35. The minimum Gasteiger partial charge on any atom is -0.756 e. The van der Waals surface area contributed by atoms with Gasteiger partial charge in [-0.1, -0.05) is 33.4 Å². The second kappa shape index (κ2) is 13.4. The summed E-state index contributed by atoms with van der Waals surface area (Å²) in [5, 5.41) is 0.102. The summed E-state index contributed by atoms with van der Waals surface area (Å²) in [4.78, 5) is 61.9. The third kappa shape index (κ3) is 9.13. The predicted molar refractivity (Wildman–Crippen MR) is 138 cm³/mol. The van der Waals surface area contributed by atoms with Crippen LogP contribution < -0.4 is 31.7 Å². The van der Waals surface area contributed by atoms with Crippen molar-refractivity contribution in [3.63, 3.8) is 0 Å². The fourth-order valence-corrected chi connectivity index (χ4v) is 7.96. The Morgan fingerprint density at radius 2 is 2.02 bits per heavy atom. The lowest BCUT2D eigenvalue weighted by atomic mass is 10.2. The van der Waals surface area contributed by atoms with E-state index in [1.165, 1.54) is 32.4 Å². The zero-order valence-corrected chi connectivity index (χ0v) is 24.9. The summed E-state index contributed by atoms with van der Waals surface area (Å²) in [5.41, 5.74) is 10.6. The number of ether oxygens (including phenoxy) is 2. The molecular formula is C17H23N5O13P3S2-3. The molecule has 3 rings (SSSR count).